The minimum absolute atomic E-state index is 0.214. The molecule has 18 heavy (non-hydrogen) atoms. The van der Waals surface area contributed by atoms with Gasteiger partial charge in [-0.1, -0.05) is 19.0 Å². The highest BCUT2D eigenvalue weighted by Crippen LogP contribution is 2.34. The molecule has 3 atom stereocenters. The first-order valence-electron chi connectivity index (χ1n) is 6.76. The Kier molecular flexibility index (Phi) is 4.02. The van der Waals surface area contributed by atoms with E-state index in [0.29, 0.717) is 17.8 Å². The van der Waals surface area contributed by atoms with Gasteiger partial charge in [0, 0.05) is 12.6 Å². The molecule has 0 aliphatic carbocycles. The number of nitrogens with zero attached hydrogens (tertiary/aromatic N) is 2. The van der Waals surface area contributed by atoms with E-state index in [9.17, 15) is 0 Å². The molecule has 1 N–H and O–H groups in total. The maximum absolute atomic E-state index is 5.73. The third-order valence-electron chi connectivity index (χ3n) is 3.94. The van der Waals surface area contributed by atoms with E-state index in [2.05, 4.69) is 29.3 Å². The number of hydrogen-bond acceptors (Lipinski definition) is 5. The van der Waals surface area contributed by atoms with E-state index < -0.39 is 0 Å². The monoisotopic (exact) mass is 253 g/mol. The van der Waals surface area contributed by atoms with E-state index in [1.54, 1.807) is 0 Å². The molecule has 0 amide bonds. The summed E-state index contributed by atoms with van der Waals surface area (Å²) in [6.45, 7) is 7.08. The van der Waals surface area contributed by atoms with Gasteiger partial charge < -0.3 is 14.6 Å². The van der Waals surface area contributed by atoms with E-state index in [-0.39, 0.29) is 11.5 Å². The summed E-state index contributed by atoms with van der Waals surface area (Å²) in [7, 11) is 1.96. The van der Waals surface area contributed by atoms with Crippen molar-refractivity contribution in [1.82, 2.24) is 15.5 Å². The SMILES string of the molecule is CCC(NC)C(C)c1nc(C2(C)CCCO2)no1. The Morgan fingerprint density at radius 2 is 2.28 bits per heavy atom. The van der Waals surface area contributed by atoms with Crippen LogP contribution in [0.1, 0.15) is 57.7 Å². The molecule has 1 aliphatic rings. The van der Waals surface area contributed by atoms with Crippen LogP contribution in [0, 0.1) is 0 Å². The second-order valence-electron chi connectivity index (χ2n) is 5.23. The second-order valence-corrected chi connectivity index (χ2v) is 5.23. The molecule has 2 rings (SSSR count). The molecule has 0 saturated carbocycles. The van der Waals surface area contributed by atoms with Crippen molar-refractivity contribution in [3.8, 4) is 0 Å². The van der Waals surface area contributed by atoms with Gasteiger partial charge in [-0.2, -0.15) is 4.98 Å². The molecule has 0 aromatic carbocycles. The van der Waals surface area contributed by atoms with Crippen molar-refractivity contribution in [2.75, 3.05) is 13.7 Å². The van der Waals surface area contributed by atoms with Crippen molar-refractivity contribution in [3.05, 3.63) is 11.7 Å². The summed E-state index contributed by atoms with van der Waals surface area (Å²) in [5, 5.41) is 7.38. The molecule has 2 heterocycles. The Morgan fingerprint density at radius 3 is 2.83 bits per heavy atom. The van der Waals surface area contributed by atoms with Crippen molar-refractivity contribution >= 4 is 0 Å². The first-order chi connectivity index (χ1) is 8.60. The van der Waals surface area contributed by atoms with Gasteiger partial charge in [-0.3, -0.25) is 0 Å². The van der Waals surface area contributed by atoms with Crippen molar-refractivity contribution in [3.63, 3.8) is 0 Å². The quantitative estimate of drug-likeness (QED) is 0.871. The molecule has 3 unspecified atom stereocenters. The van der Waals surface area contributed by atoms with E-state index in [0.717, 1.165) is 25.9 Å². The largest absolute Gasteiger partial charge is 0.367 e. The fourth-order valence-electron chi connectivity index (χ4n) is 2.57. The average molecular weight is 253 g/mol. The van der Waals surface area contributed by atoms with E-state index in [1.165, 1.54) is 0 Å². The lowest BCUT2D eigenvalue weighted by molar-refractivity contribution is 0.00768. The van der Waals surface area contributed by atoms with Crippen LogP contribution in [-0.4, -0.2) is 29.8 Å². The minimum atomic E-state index is -0.358. The van der Waals surface area contributed by atoms with Gasteiger partial charge >= 0.3 is 0 Å². The molecule has 0 bridgehead atoms. The van der Waals surface area contributed by atoms with Crippen LogP contribution in [-0.2, 0) is 10.3 Å². The summed E-state index contributed by atoms with van der Waals surface area (Å²) in [4.78, 5) is 4.54. The van der Waals surface area contributed by atoms with Gasteiger partial charge in [0.1, 0.15) is 5.60 Å². The normalized spacial score (nSPS) is 27.3. The molecule has 1 aliphatic heterocycles. The van der Waals surface area contributed by atoms with Crippen LogP contribution >= 0.6 is 0 Å². The van der Waals surface area contributed by atoms with Crippen molar-refractivity contribution in [2.24, 2.45) is 0 Å². The third kappa shape index (κ3) is 2.42. The average Bonchev–Trinajstić information content (AvgIpc) is 2.99. The number of rotatable bonds is 5. The number of aromatic nitrogens is 2. The van der Waals surface area contributed by atoms with E-state index >= 15 is 0 Å². The smallest absolute Gasteiger partial charge is 0.231 e. The summed E-state index contributed by atoms with van der Waals surface area (Å²) in [5.41, 5.74) is -0.358. The Balaban J connectivity index is 2.14. The highest BCUT2D eigenvalue weighted by atomic mass is 16.5. The molecule has 1 aromatic heterocycles. The van der Waals surface area contributed by atoms with Crippen molar-refractivity contribution in [2.45, 2.75) is 57.6 Å². The van der Waals surface area contributed by atoms with Crippen LogP contribution in [0.4, 0.5) is 0 Å². The van der Waals surface area contributed by atoms with Crippen LogP contribution < -0.4 is 5.32 Å². The van der Waals surface area contributed by atoms with Gasteiger partial charge in [0.2, 0.25) is 11.7 Å². The Morgan fingerprint density at radius 1 is 1.50 bits per heavy atom. The van der Waals surface area contributed by atoms with Crippen LogP contribution in [0.25, 0.3) is 0 Å². The van der Waals surface area contributed by atoms with Crippen molar-refractivity contribution in [1.29, 1.82) is 0 Å². The lowest BCUT2D eigenvalue weighted by atomic mass is 9.99. The first kappa shape index (κ1) is 13.5. The third-order valence-corrected chi connectivity index (χ3v) is 3.94. The number of nitrogens with one attached hydrogen (secondary N) is 1. The summed E-state index contributed by atoms with van der Waals surface area (Å²) >= 11 is 0. The van der Waals surface area contributed by atoms with Crippen LogP contribution in [0.15, 0.2) is 4.52 Å². The summed E-state index contributed by atoms with van der Waals surface area (Å²) in [5.74, 6) is 1.60. The molecule has 0 spiro atoms. The van der Waals surface area contributed by atoms with E-state index in [1.807, 2.05) is 14.0 Å². The molecule has 5 heteroatoms. The Labute approximate surface area is 108 Å². The number of ether oxygens (including phenoxy) is 1. The molecule has 1 saturated heterocycles. The maximum atomic E-state index is 5.73. The highest BCUT2D eigenvalue weighted by molar-refractivity contribution is 5.04. The zero-order chi connectivity index (χ0) is 13.2. The molecular formula is C13H23N3O2. The zero-order valence-corrected chi connectivity index (χ0v) is 11.7. The fraction of sp³-hybridized carbons (Fsp3) is 0.846. The van der Waals surface area contributed by atoms with Gasteiger partial charge in [0.15, 0.2) is 0 Å². The molecule has 1 aromatic rings. The minimum Gasteiger partial charge on any atom is -0.367 e. The lowest BCUT2D eigenvalue weighted by Crippen LogP contribution is -2.30. The second kappa shape index (κ2) is 5.36. The zero-order valence-electron chi connectivity index (χ0n) is 11.7. The van der Waals surface area contributed by atoms with Gasteiger partial charge in [-0.05, 0) is 33.2 Å². The van der Waals surface area contributed by atoms with E-state index in [4.69, 9.17) is 9.26 Å². The van der Waals surface area contributed by atoms with Gasteiger partial charge in [-0.15, -0.1) is 0 Å². The highest BCUT2D eigenvalue weighted by Gasteiger charge is 2.37. The predicted molar refractivity (Wildman–Crippen MR) is 68.4 cm³/mol. The van der Waals surface area contributed by atoms with Crippen LogP contribution in [0.2, 0.25) is 0 Å². The van der Waals surface area contributed by atoms with Gasteiger partial charge in [0.05, 0.1) is 5.92 Å². The summed E-state index contributed by atoms with van der Waals surface area (Å²) in [6.07, 6.45) is 3.05. The topological polar surface area (TPSA) is 60.2 Å². The number of hydrogen-bond donors (Lipinski definition) is 1. The van der Waals surface area contributed by atoms with Gasteiger partial charge in [0.25, 0.3) is 0 Å². The Bertz CT molecular complexity index is 381. The molecule has 0 radical (unpaired) electrons. The standard InChI is InChI=1S/C13H23N3O2/c1-5-10(14-4)9(2)11-15-12(16-18-11)13(3)7-6-8-17-13/h9-10,14H,5-8H2,1-4H3. The Hall–Kier alpha value is -0.940. The summed E-state index contributed by atoms with van der Waals surface area (Å²) in [6, 6.07) is 0.357. The molecule has 5 nitrogen and oxygen atoms in total. The van der Waals surface area contributed by atoms with Crippen LogP contribution in [0.3, 0.4) is 0 Å². The number of likely N-dealkylation sites (N-methyl/N-ethyl adjacent to an activating group) is 1. The molecular weight excluding hydrogens is 230 g/mol. The fourth-order valence-corrected chi connectivity index (χ4v) is 2.57. The first-order valence-corrected chi connectivity index (χ1v) is 6.76. The van der Waals surface area contributed by atoms with Gasteiger partial charge in [-0.25, -0.2) is 0 Å². The molecule has 102 valence electrons. The lowest BCUT2D eigenvalue weighted by Gasteiger charge is -2.19. The summed E-state index contributed by atoms with van der Waals surface area (Å²) < 4.78 is 11.1. The van der Waals surface area contributed by atoms with Crippen LogP contribution in [0.5, 0.6) is 0 Å². The molecule has 1 fully saturated rings. The van der Waals surface area contributed by atoms with Crippen molar-refractivity contribution < 1.29 is 9.26 Å². The maximum Gasteiger partial charge on any atom is 0.231 e. The predicted octanol–water partition coefficient (Wildman–Crippen LogP) is 2.20.